The van der Waals surface area contributed by atoms with Crippen molar-refractivity contribution < 1.29 is 0 Å². The minimum Gasteiger partial charge on any atom is -0.366 e. The maximum atomic E-state index is 5.47. The van der Waals surface area contributed by atoms with Gasteiger partial charge in [-0.2, -0.15) is 0 Å². The summed E-state index contributed by atoms with van der Waals surface area (Å²) in [7, 11) is 0. The Labute approximate surface area is 58.0 Å². The molecule has 0 aromatic carbocycles. The van der Waals surface area contributed by atoms with Gasteiger partial charge in [-0.1, -0.05) is 0 Å². The molecule has 0 saturated heterocycles. The van der Waals surface area contributed by atoms with Crippen molar-refractivity contribution in [1.29, 1.82) is 0 Å². The molecule has 0 fully saturated rings. The second-order valence-electron chi connectivity index (χ2n) is 2.08. The summed E-state index contributed by atoms with van der Waals surface area (Å²) in [6.45, 7) is 1.76. The van der Waals surface area contributed by atoms with Crippen LogP contribution in [-0.2, 0) is 0 Å². The van der Waals surface area contributed by atoms with Gasteiger partial charge in [-0.3, -0.25) is 0 Å². The average Bonchev–Trinajstić information content (AvgIpc) is 2.14. The molecule has 6 N–H and O–H groups in total. The summed E-state index contributed by atoms with van der Waals surface area (Å²) in [5, 5.41) is 7.18. The van der Waals surface area contributed by atoms with Crippen molar-refractivity contribution >= 4 is 5.95 Å². The first-order valence-corrected chi connectivity index (χ1v) is 2.84. The molecule has 1 aromatic heterocycles. The van der Waals surface area contributed by atoms with Crippen LogP contribution >= 0.6 is 0 Å². The normalized spacial score (nSPS) is 13.4. The van der Waals surface area contributed by atoms with Crippen molar-refractivity contribution in [1.82, 2.24) is 14.9 Å². The Morgan fingerprint density at radius 3 is 2.30 bits per heavy atom. The number of rotatable bonds is 1. The number of hydrogen-bond donors (Lipinski definition) is 3. The maximum Gasteiger partial charge on any atom is 0.240 e. The molecule has 0 bridgehead atoms. The van der Waals surface area contributed by atoms with Gasteiger partial charge >= 0.3 is 0 Å². The van der Waals surface area contributed by atoms with E-state index in [1.165, 1.54) is 4.68 Å². The molecule has 1 unspecified atom stereocenters. The summed E-state index contributed by atoms with van der Waals surface area (Å²) in [5.74, 6) is 6.05. The predicted molar refractivity (Wildman–Crippen MR) is 37.2 cm³/mol. The molecular weight excluding hydrogens is 132 g/mol. The van der Waals surface area contributed by atoms with Crippen LogP contribution in [0.5, 0.6) is 0 Å². The molecule has 6 heteroatoms. The predicted octanol–water partition coefficient (Wildman–Crippen LogP) is -1.41. The average molecular weight is 142 g/mol. The molecule has 0 aliphatic carbocycles. The van der Waals surface area contributed by atoms with Gasteiger partial charge in [0.2, 0.25) is 5.95 Å². The summed E-state index contributed by atoms with van der Waals surface area (Å²) in [4.78, 5) is 0. The number of anilines is 1. The van der Waals surface area contributed by atoms with Gasteiger partial charge in [-0.05, 0) is 6.92 Å². The van der Waals surface area contributed by atoms with E-state index in [9.17, 15) is 0 Å². The zero-order chi connectivity index (χ0) is 7.72. The van der Waals surface area contributed by atoms with E-state index < -0.39 is 0 Å². The van der Waals surface area contributed by atoms with Crippen molar-refractivity contribution in [2.45, 2.75) is 13.0 Å². The Kier molecular flexibility index (Phi) is 1.46. The van der Waals surface area contributed by atoms with Gasteiger partial charge < -0.3 is 17.3 Å². The van der Waals surface area contributed by atoms with Crippen molar-refractivity contribution in [3.8, 4) is 0 Å². The van der Waals surface area contributed by atoms with Gasteiger partial charge in [0.15, 0.2) is 5.82 Å². The van der Waals surface area contributed by atoms with Crippen LogP contribution in [0.2, 0.25) is 0 Å². The molecule has 0 spiro atoms. The Morgan fingerprint density at radius 1 is 1.50 bits per heavy atom. The van der Waals surface area contributed by atoms with Crippen LogP contribution in [0.25, 0.3) is 0 Å². The zero-order valence-electron chi connectivity index (χ0n) is 5.65. The summed E-state index contributed by atoms with van der Waals surface area (Å²) in [5.41, 5.74) is 10.8. The Balaban J connectivity index is 3.05. The lowest BCUT2D eigenvalue weighted by Crippen LogP contribution is -2.20. The lowest BCUT2D eigenvalue weighted by molar-refractivity contribution is 0.704. The van der Waals surface area contributed by atoms with E-state index >= 15 is 0 Å². The topological polar surface area (TPSA) is 109 Å². The van der Waals surface area contributed by atoms with E-state index in [4.69, 9.17) is 17.3 Å². The SMILES string of the molecule is CC(N)c1nnc(N)n1N. The first-order chi connectivity index (χ1) is 4.63. The number of hydrogen-bond acceptors (Lipinski definition) is 5. The monoisotopic (exact) mass is 142 g/mol. The van der Waals surface area contributed by atoms with Crippen LogP contribution in [0.3, 0.4) is 0 Å². The number of nitrogen functional groups attached to an aromatic ring is 2. The molecule has 56 valence electrons. The third-order valence-corrected chi connectivity index (χ3v) is 1.16. The minimum absolute atomic E-state index is 0.173. The highest BCUT2D eigenvalue weighted by molar-refractivity contribution is 5.18. The van der Waals surface area contributed by atoms with Crippen LogP contribution in [0, 0.1) is 0 Å². The van der Waals surface area contributed by atoms with Crippen LogP contribution in [0.4, 0.5) is 5.95 Å². The fourth-order valence-corrected chi connectivity index (χ4v) is 0.627. The van der Waals surface area contributed by atoms with E-state index in [0.29, 0.717) is 5.82 Å². The third kappa shape index (κ3) is 0.883. The zero-order valence-corrected chi connectivity index (χ0v) is 5.65. The van der Waals surface area contributed by atoms with Crippen LogP contribution in [0.15, 0.2) is 0 Å². The lowest BCUT2D eigenvalue weighted by atomic mass is 10.3. The second kappa shape index (κ2) is 2.14. The van der Waals surface area contributed by atoms with Crippen molar-refractivity contribution in [2.24, 2.45) is 5.73 Å². The highest BCUT2D eigenvalue weighted by atomic mass is 15.4. The highest BCUT2D eigenvalue weighted by Gasteiger charge is 2.09. The summed E-state index contributed by atoms with van der Waals surface area (Å²) in [6.07, 6.45) is 0. The molecule has 0 radical (unpaired) electrons. The molecule has 6 nitrogen and oxygen atoms in total. The molecule has 1 aromatic rings. The summed E-state index contributed by atoms with van der Waals surface area (Å²) < 4.78 is 1.17. The molecule has 0 aliphatic heterocycles. The van der Waals surface area contributed by atoms with Crippen molar-refractivity contribution in [3.05, 3.63) is 5.82 Å². The highest BCUT2D eigenvalue weighted by Crippen LogP contribution is 2.04. The lowest BCUT2D eigenvalue weighted by Gasteiger charge is -2.02. The van der Waals surface area contributed by atoms with Gasteiger partial charge in [0.25, 0.3) is 0 Å². The summed E-state index contributed by atoms with van der Waals surface area (Å²) in [6, 6.07) is -0.241. The van der Waals surface area contributed by atoms with Gasteiger partial charge in [0.1, 0.15) is 0 Å². The number of nitrogens with zero attached hydrogens (tertiary/aromatic N) is 3. The van der Waals surface area contributed by atoms with Gasteiger partial charge in [-0.15, -0.1) is 10.2 Å². The van der Waals surface area contributed by atoms with Crippen LogP contribution < -0.4 is 17.3 Å². The Bertz CT molecular complexity index is 226. The maximum absolute atomic E-state index is 5.47. The fourth-order valence-electron chi connectivity index (χ4n) is 0.627. The third-order valence-electron chi connectivity index (χ3n) is 1.16. The molecule has 0 saturated carbocycles. The van der Waals surface area contributed by atoms with Crippen molar-refractivity contribution in [3.63, 3.8) is 0 Å². The van der Waals surface area contributed by atoms with Gasteiger partial charge in [-0.25, -0.2) is 4.68 Å². The Morgan fingerprint density at radius 2 is 2.10 bits per heavy atom. The largest absolute Gasteiger partial charge is 0.366 e. The van der Waals surface area contributed by atoms with Crippen molar-refractivity contribution in [2.75, 3.05) is 11.6 Å². The standard InChI is InChI=1S/C4H10N6/c1-2(5)3-8-9-4(6)10(3)7/h2H,5,7H2,1H3,(H2,6,9). The Hall–Kier alpha value is -1.30. The fraction of sp³-hybridized carbons (Fsp3) is 0.500. The molecule has 0 amide bonds. The molecule has 1 rings (SSSR count). The minimum atomic E-state index is -0.241. The van der Waals surface area contributed by atoms with Gasteiger partial charge in [0.05, 0.1) is 6.04 Å². The molecule has 10 heavy (non-hydrogen) atoms. The van der Waals surface area contributed by atoms with E-state index in [2.05, 4.69) is 10.2 Å². The van der Waals surface area contributed by atoms with E-state index in [1.807, 2.05) is 0 Å². The van der Waals surface area contributed by atoms with Crippen LogP contribution in [-0.4, -0.2) is 14.9 Å². The van der Waals surface area contributed by atoms with E-state index in [-0.39, 0.29) is 12.0 Å². The van der Waals surface area contributed by atoms with Gasteiger partial charge in [0, 0.05) is 0 Å². The molecule has 1 atom stereocenters. The first-order valence-electron chi connectivity index (χ1n) is 2.84. The quantitative estimate of drug-likeness (QED) is 0.417. The molecule has 1 heterocycles. The molecule has 0 aliphatic rings. The first kappa shape index (κ1) is 6.81. The summed E-state index contributed by atoms with van der Waals surface area (Å²) >= 11 is 0. The second-order valence-corrected chi connectivity index (χ2v) is 2.08. The van der Waals surface area contributed by atoms with Crippen LogP contribution in [0.1, 0.15) is 18.8 Å². The van der Waals surface area contributed by atoms with E-state index in [0.717, 1.165) is 0 Å². The van der Waals surface area contributed by atoms with E-state index in [1.54, 1.807) is 6.92 Å². The number of aromatic nitrogens is 3. The molecular formula is C4H10N6. The number of nitrogens with two attached hydrogens (primary N) is 3. The smallest absolute Gasteiger partial charge is 0.240 e.